The summed E-state index contributed by atoms with van der Waals surface area (Å²) < 4.78 is 41.5. The normalized spacial score (nSPS) is 17.9. The lowest BCUT2D eigenvalue weighted by atomic mass is 10.0. The number of alkyl halides is 3. The Kier molecular flexibility index (Phi) is 6.47. The molecule has 4 rings (SSSR count). The first-order chi connectivity index (χ1) is 15.0. The first-order valence-electron chi connectivity index (χ1n) is 10.4. The number of aryl methyl sites for hydroxylation is 2. The summed E-state index contributed by atoms with van der Waals surface area (Å²) in [7, 11) is 1.70. The van der Waals surface area contributed by atoms with Crippen LogP contribution in [0.25, 0.3) is 11.0 Å². The van der Waals surface area contributed by atoms with E-state index < -0.39 is 11.7 Å². The zero-order chi connectivity index (χ0) is 23.2. The van der Waals surface area contributed by atoms with Crippen molar-refractivity contribution in [3.8, 4) is 0 Å². The number of halogens is 5. The third-order valence-corrected chi connectivity index (χ3v) is 6.90. The molecule has 0 bridgehead atoms. The summed E-state index contributed by atoms with van der Waals surface area (Å²) in [5.41, 5.74) is 2.30. The maximum atomic E-state index is 13.3. The number of fused-ring (bicyclic) bond motifs is 1. The number of piperidine rings is 1. The monoisotopic (exact) mass is 485 g/mol. The number of likely N-dealkylation sites (tertiary alicyclic amines) is 1. The van der Waals surface area contributed by atoms with Crippen molar-refractivity contribution in [2.75, 3.05) is 13.1 Å². The molecule has 4 nitrogen and oxygen atoms in total. The summed E-state index contributed by atoms with van der Waals surface area (Å²) in [5.74, 6) is 0.580. The molecule has 0 radical (unpaired) electrons. The molecule has 0 aliphatic carbocycles. The van der Waals surface area contributed by atoms with Crippen molar-refractivity contribution >= 4 is 34.2 Å². The predicted molar refractivity (Wildman–Crippen MR) is 120 cm³/mol. The Morgan fingerprint density at radius 2 is 1.97 bits per heavy atom. The summed E-state index contributed by atoms with van der Waals surface area (Å²) in [6.07, 6.45) is -2.73. The molecule has 1 aliphatic heterocycles. The molecule has 1 saturated heterocycles. The predicted octanol–water partition coefficient (Wildman–Crippen LogP) is 5.75. The minimum absolute atomic E-state index is 0.292. The smallest absolute Gasteiger partial charge is 0.392 e. The van der Waals surface area contributed by atoms with Gasteiger partial charge in [-0.2, -0.15) is 13.2 Å². The zero-order valence-electron chi connectivity index (χ0n) is 17.8. The number of aliphatic hydroxyl groups is 1. The fourth-order valence-corrected chi connectivity index (χ4v) is 4.90. The fourth-order valence-electron chi connectivity index (χ4n) is 4.33. The number of β-amino-alcohol motifs (C(OH)–C–C–N with tert-alkyl or cyclic N) is 1. The molecule has 172 valence electrons. The Balaban J connectivity index is 1.68. The Bertz CT molecular complexity index is 1160. The van der Waals surface area contributed by atoms with Gasteiger partial charge in [-0.25, -0.2) is 4.98 Å². The SMILES string of the molecule is Cc1cc(C(F)(F)F)cc2c1nc(Cc1c(Cl)ccc(CN3CCCC(O)C3)c1Cl)n2C. The van der Waals surface area contributed by atoms with Crippen LogP contribution >= 0.6 is 23.2 Å². The summed E-state index contributed by atoms with van der Waals surface area (Å²) in [6.45, 7) is 3.70. The molecule has 1 aromatic heterocycles. The number of nitrogens with zero attached hydrogens (tertiary/aromatic N) is 3. The van der Waals surface area contributed by atoms with E-state index in [9.17, 15) is 18.3 Å². The molecule has 1 unspecified atom stereocenters. The van der Waals surface area contributed by atoms with Crippen LogP contribution in [0, 0.1) is 6.92 Å². The van der Waals surface area contributed by atoms with Gasteiger partial charge in [0.15, 0.2) is 0 Å². The second kappa shape index (κ2) is 8.86. The highest BCUT2D eigenvalue weighted by Gasteiger charge is 2.32. The lowest BCUT2D eigenvalue weighted by Crippen LogP contribution is -2.37. The van der Waals surface area contributed by atoms with E-state index in [1.54, 1.807) is 24.6 Å². The second-order valence-electron chi connectivity index (χ2n) is 8.45. The van der Waals surface area contributed by atoms with E-state index in [1.807, 2.05) is 6.07 Å². The Labute approximate surface area is 194 Å². The summed E-state index contributed by atoms with van der Waals surface area (Å²) in [6, 6.07) is 5.91. The van der Waals surface area contributed by atoms with Gasteiger partial charge in [0.05, 0.1) is 27.7 Å². The number of aromatic nitrogens is 2. The van der Waals surface area contributed by atoms with Crippen molar-refractivity contribution in [1.29, 1.82) is 0 Å². The van der Waals surface area contributed by atoms with Crippen molar-refractivity contribution in [3.63, 3.8) is 0 Å². The van der Waals surface area contributed by atoms with E-state index in [2.05, 4.69) is 9.88 Å². The molecule has 2 heterocycles. The van der Waals surface area contributed by atoms with Crippen LogP contribution in [-0.4, -0.2) is 38.8 Å². The largest absolute Gasteiger partial charge is 0.416 e. The molecule has 0 spiro atoms. The van der Waals surface area contributed by atoms with Crippen molar-refractivity contribution in [3.05, 3.63) is 62.4 Å². The van der Waals surface area contributed by atoms with E-state index in [0.29, 0.717) is 57.5 Å². The molecule has 9 heteroatoms. The molecule has 0 saturated carbocycles. The van der Waals surface area contributed by atoms with Crippen LogP contribution in [0.2, 0.25) is 10.0 Å². The number of rotatable bonds is 4. The van der Waals surface area contributed by atoms with E-state index in [1.165, 1.54) is 0 Å². The second-order valence-corrected chi connectivity index (χ2v) is 9.24. The minimum Gasteiger partial charge on any atom is -0.392 e. The van der Waals surface area contributed by atoms with Crippen LogP contribution in [-0.2, 0) is 26.2 Å². The maximum absolute atomic E-state index is 13.3. The van der Waals surface area contributed by atoms with Gasteiger partial charge in [0, 0.05) is 31.6 Å². The average Bonchev–Trinajstić information content (AvgIpc) is 3.03. The van der Waals surface area contributed by atoms with Gasteiger partial charge < -0.3 is 9.67 Å². The average molecular weight is 486 g/mol. The Morgan fingerprint density at radius 1 is 1.22 bits per heavy atom. The van der Waals surface area contributed by atoms with Crippen molar-refractivity contribution in [2.45, 2.75) is 45.0 Å². The van der Waals surface area contributed by atoms with Crippen LogP contribution in [0.5, 0.6) is 0 Å². The highest BCUT2D eigenvalue weighted by molar-refractivity contribution is 6.36. The lowest BCUT2D eigenvalue weighted by molar-refractivity contribution is -0.137. The van der Waals surface area contributed by atoms with Gasteiger partial charge in [-0.1, -0.05) is 29.3 Å². The topological polar surface area (TPSA) is 41.3 Å². The molecular weight excluding hydrogens is 462 g/mol. The first-order valence-corrected chi connectivity index (χ1v) is 11.2. The van der Waals surface area contributed by atoms with E-state index >= 15 is 0 Å². The molecule has 1 atom stereocenters. The van der Waals surface area contributed by atoms with Gasteiger partial charge in [-0.05, 0) is 61.2 Å². The molecule has 3 aromatic rings. The standard InChI is InChI=1S/C23H24Cl2F3N3O/c1-13-8-15(23(26,27)28)9-19-22(13)29-20(30(19)2)10-17-18(24)6-5-14(21(17)25)11-31-7-3-4-16(32)12-31/h5-6,8-9,16,32H,3-4,7,10-12H2,1-2H3. The highest BCUT2D eigenvalue weighted by Crippen LogP contribution is 2.35. The number of aliphatic hydroxyl groups excluding tert-OH is 1. The van der Waals surface area contributed by atoms with Crippen LogP contribution in [0.15, 0.2) is 24.3 Å². The first kappa shape index (κ1) is 23.4. The van der Waals surface area contributed by atoms with Crippen molar-refractivity contribution in [2.24, 2.45) is 7.05 Å². The minimum atomic E-state index is -4.42. The number of hydrogen-bond donors (Lipinski definition) is 1. The molecular formula is C23H24Cl2F3N3O. The van der Waals surface area contributed by atoms with Gasteiger partial charge in [-0.15, -0.1) is 0 Å². The molecule has 0 amide bonds. The summed E-state index contributed by atoms with van der Waals surface area (Å²) in [4.78, 5) is 6.76. The highest BCUT2D eigenvalue weighted by atomic mass is 35.5. The van der Waals surface area contributed by atoms with Gasteiger partial charge >= 0.3 is 6.18 Å². The van der Waals surface area contributed by atoms with Gasteiger partial charge in [0.2, 0.25) is 0 Å². The Hall–Kier alpha value is -1.80. The molecule has 1 aliphatic rings. The number of imidazole rings is 1. The van der Waals surface area contributed by atoms with E-state index in [4.69, 9.17) is 23.2 Å². The molecule has 2 aromatic carbocycles. The maximum Gasteiger partial charge on any atom is 0.416 e. The third kappa shape index (κ3) is 4.62. The molecule has 32 heavy (non-hydrogen) atoms. The third-order valence-electron chi connectivity index (χ3n) is 6.07. The number of hydrogen-bond acceptors (Lipinski definition) is 3. The Morgan fingerprint density at radius 3 is 2.66 bits per heavy atom. The van der Waals surface area contributed by atoms with E-state index in [-0.39, 0.29) is 6.10 Å². The van der Waals surface area contributed by atoms with Gasteiger partial charge in [-0.3, -0.25) is 4.90 Å². The van der Waals surface area contributed by atoms with Crippen LogP contribution < -0.4 is 0 Å². The van der Waals surface area contributed by atoms with Crippen molar-refractivity contribution in [1.82, 2.24) is 14.5 Å². The van der Waals surface area contributed by atoms with Gasteiger partial charge in [0.25, 0.3) is 0 Å². The van der Waals surface area contributed by atoms with Crippen LogP contribution in [0.4, 0.5) is 13.2 Å². The van der Waals surface area contributed by atoms with Crippen LogP contribution in [0.3, 0.4) is 0 Å². The quantitative estimate of drug-likeness (QED) is 0.511. The van der Waals surface area contributed by atoms with E-state index in [0.717, 1.165) is 37.1 Å². The number of benzene rings is 2. The summed E-state index contributed by atoms with van der Waals surface area (Å²) in [5, 5.41) is 10.9. The van der Waals surface area contributed by atoms with Crippen molar-refractivity contribution < 1.29 is 18.3 Å². The van der Waals surface area contributed by atoms with Gasteiger partial charge in [0.1, 0.15) is 5.82 Å². The van der Waals surface area contributed by atoms with Crippen LogP contribution in [0.1, 0.15) is 40.9 Å². The summed E-state index contributed by atoms with van der Waals surface area (Å²) >= 11 is 13.2. The lowest BCUT2D eigenvalue weighted by Gasteiger charge is -2.30. The molecule has 1 N–H and O–H groups in total. The molecule has 1 fully saturated rings. The fraction of sp³-hybridized carbons (Fsp3) is 0.435. The zero-order valence-corrected chi connectivity index (χ0v) is 19.3.